The summed E-state index contributed by atoms with van der Waals surface area (Å²) < 4.78 is 0. The van der Waals surface area contributed by atoms with Gasteiger partial charge in [-0.2, -0.15) is 0 Å². The second-order valence-electron chi connectivity index (χ2n) is 5.58. The van der Waals surface area contributed by atoms with E-state index in [1.165, 1.54) is 0 Å². The zero-order valence-corrected chi connectivity index (χ0v) is 13.3. The lowest BCUT2D eigenvalue weighted by Gasteiger charge is -2.15. The molecule has 1 aliphatic rings. The number of nitrogens with zero attached hydrogens (tertiary/aromatic N) is 3. The highest BCUT2D eigenvalue weighted by molar-refractivity contribution is 6.33. The second kappa shape index (κ2) is 6.02. The molecule has 1 fully saturated rings. The Balaban J connectivity index is 2.08. The molecular formula is C16H17ClN4O. The van der Waals surface area contributed by atoms with Crippen LogP contribution < -0.4 is 5.43 Å². The Morgan fingerprint density at radius 3 is 2.64 bits per heavy atom. The second-order valence-corrected chi connectivity index (χ2v) is 5.99. The van der Waals surface area contributed by atoms with Crippen molar-refractivity contribution in [2.75, 3.05) is 14.1 Å². The third-order valence-corrected chi connectivity index (χ3v) is 3.78. The fraction of sp³-hybridized carbons (Fsp3) is 0.312. The first-order valence-electron chi connectivity index (χ1n) is 7.16. The summed E-state index contributed by atoms with van der Waals surface area (Å²) in [5.74, 6) is 0.857. The van der Waals surface area contributed by atoms with Crippen molar-refractivity contribution in [3.8, 4) is 11.1 Å². The average molecular weight is 317 g/mol. The summed E-state index contributed by atoms with van der Waals surface area (Å²) in [5, 5.41) is 2.17. The zero-order chi connectivity index (χ0) is 15.7. The van der Waals surface area contributed by atoms with Gasteiger partial charge in [0.15, 0.2) is 0 Å². The van der Waals surface area contributed by atoms with Gasteiger partial charge in [-0.3, -0.25) is 10.2 Å². The molecule has 0 unspecified atom stereocenters. The number of rotatable bonds is 4. The molecule has 2 aromatic rings. The summed E-state index contributed by atoms with van der Waals surface area (Å²) in [6.45, 7) is 0. The van der Waals surface area contributed by atoms with Crippen LogP contribution in [0.1, 0.15) is 35.1 Å². The number of carbonyl (C=O) groups excluding carboxylic acids is 1. The lowest BCUT2D eigenvalue weighted by Crippen LogP contribution is -2.37. The Hall–Kier alpha value is -1.98. The van der Waals surface area contributed by atoms with Crippen molar-refractivity contribution in [1.29, 1.82) is 0 Å². The number of hydrogen-bond acceptors (Lipinski definition) is 4. The highest BCUT2D eigenvalue weighted by Gasteiger charge is 2.28. The molecule has 1 aliphatic carbocycles. The normalized spacial score (nSPS) is 14.2. The molecule has 1 amide bonds. The molecule has 6 heteroatoms. The van der Waals surface area contributed by atoms with Crippen LogP contribution in [0.25, 0.3) is 11.1 Å². The Bertz CT molecular complexity index is 713. The van der Waals surface area contributed by atoms with Gasteiger partial charge >= 0.3 is 0 Å². The van der Waals surface area contributed by atoms with E-state index in [9.17, 15) is 4.79 Å². The summed E-state index contributed by atoms with van der Waals surface area (Å²) in [7, 11) is 3.52. The van der Waals surface area contributed by atoms with Crippen molar-refractivity contribution < 1.29 is 4.79 Å². The minimum absolute atomic E-state index is 0.260. The van der Waals surface area contributed by atoms with Gasteiger partial charge in [-0.05, 0) is 18.9 Å². The fourth-order valence-corrected chi connectivity index (χ4v) is 2.48. The molecule has 0 saturated heterocycles. The van der Waals surface area contributed by atoms with E-state index < -0.39 is 0 Å². The summed E-state index contributed by atoms with van der Waals surface area (Å²) in [5.41, 5.74) is 4.50. The summed E-state index contributed by atoms with van der Waals surface area (Å²) in [4.78, 5) is 21.4. The van der Waals surface area contributed by atoms with Gasteiger partial charge in [0.2, 0.25) is 0 Å². The van der Waals surface area contributed by atoms with E-state index in [0.717, 1.165) is 24.2 Å². The quantitative estimate of drug-likeness (QED) is 0.881. The maximum Gasteiger partial charge on any atom is 0.284 e. The van der Waals surface area contributed by atoms with Crippen molar-refractivity contribution in [2.45, 2.75) is 18.8 Å². The van der Waals surface area contributed by atoms with Crippen LogP contribution in [0.3, 0.4) is 0 Å². The number of nitrogens with one attached hydrogen (secondary N) is 1. The molecule has 0 bridgehead atoms. The molecule has 1 heterocycles. The predicted molar refractivity (Wildman–Crippen MR) is 85.6 cm³/mol. The molecule has 5 nitrogen and oxygen atoms in total. The molecule has 1 aromatic heterocycles. The Morgan fingerprint density at radius 1 is 1.27 bits per heavy atom. The number of hydrogen-bond donors (Lipinski definition) is 1. The third-order valence-electron chi connectivity index (χ3n) is 3.45. The Kier molecular flexibility index (Phi) is 4.09. The molecule has 0 atom stereocenters. The van der Waals surface area contributed by atoms with Crippen LogP contribution in [0.4, 0.5) is 0 Å². The number of halogens is 1. The van der Waals surface area contributed by atoms with Gasteiger partial charge in [0.1, 0.15) is 11.5 Å². The molecular weight excluding hydrogens is 300 g/mol. The topological polar surface area (TPSA) is 58.1 Å². The van der Waals surface area contributed by atoms with E-state index in [1.807, 2.05) is 18.2 Å². The molecule has 1 aromatic carbocycles. The van der Waals surface area contributed by atoms with Gasteiger partial charge in [0, 0.05) is 42.4 Å². The van der Waals surface area contributed by atoms with Gasteiger partial charge in [0.05, 0.1) is 0 Å². The van der Waals surface area contributed by atoms with E-state index in [-0.39, 0.29) is 5.91 Å². The van der Waals surface area contributed by atoms with Crippen LogP contribution in [0.5, 0.6) is 0 Å². The lowest BCUT2D eigenvalue weighted by molar-refractivity contribution is 0.0852. The molecule has 0 spiro atoms. The smallest absolute Gasteiger partial charge is 0.284 e. The van der Waals surface area contributed by atoms with Crippen LogP contribution >= 0.6 is 11.6 Å². The minimum atomic E-state index is -0.260. The number of benzene rings is 1. The van der Waals surface area contributed by atoms with Gasteiger partial charge in [-0.1, -0.05) is 29.8 Å². The molecule has 3 rings (SSSR count). The average Bonchev–Trinajstić information content (AvgIpc) is 3.31. The zero-order valence-electron chi connectivity index (χ0n) is 12.5. The lowest BCUT2D eigenvalue weighted by atomic mass is 10.0. The van der Waals surface area contributed by atoms with Gasteiger partial charge in [-0.25, -0.2) is 15.0 Å². The molecule has 0 aliphatic heterocycles. The maximum absolute atomic E-state index is 12.5. The van der Waals surface area contributed by atoms with Crippen LogP contribution in [0.2, 0.25) is 5.02 Å². The predicted octanol–water partition coefficient (Wildman–Crippen LogP) is 2.88. The van der Waals surface area contributed by atoms with E-state index >= 15 is 0 Å². The first kappa shape index (κ1) is 14.9. The SMILES string of the molecule is CN(C)NC(=O)c1nc(C2CC2)ncc1-c1ccccc1Cl. The van der Waals surface area contributed by atoms with Gasteiger partial charge in [-0.15, -0.1) is 0 Å². The molecule has 114 valence electrons. The molecule has 22 heavy (non-hydrogen) atoms. The van der Waals surface area contributed by atoms with E-state index in [4.69, 9.17) is 11.6 Å². The van der Waals surface area contributed by atoms with Crippen molar-refractivity contribution in [2.24, 2.45) is 0 Å². The molecule has 1 saturated carbocycles. The summed E-state index contributed by atoms with van der Waals surface area (Å²) in [6.07, 6.45) is 3.87. The van der Waals surface area contributed by atoms with Crippen LogP contribution in [0.15, 0.2) is 30.5 Å². The minimum Gasteiger partial charge on any atom is -0.284 e. The Labute approximate surface area is 134 Å². The first-order valence-corrected chi connectivity index (χ1v) is 7.54. The van der Waals surface area contributed by atoms with E-state index in [2.05, 4.69) is 15.4 Å². The monoisotopic (exact) mass is 316 g/mol. The number of carbonyl (C=O) groups is 1. The summed E-state index contributed by atoms with van der Waals surface area (Å²) >= 11 is 6.26. The number of hydrazine groups is 1. The van der Waals surface area contributed by atoms with E-state index in [1.54, 1.807) is 31.4 Å². The van der Waals surface area contributed by atoms with Gasteiger partial charge in [0.25, 0.3) is 5.91 Å². The number of aromatic nitrogens is 2. The Morgan fingerprint density at radius 2 is 2.00 bits per heavy atom. The van der Waals surface area contributed by atoms with Crippen LogP contribution in [-0.2, 0) is 0 Å². The van der Waals surface area contributed by atoms with Crippen molar-refractivity contribution >= 4 is 17.5 Å². The highest BCUT2D eigenvalue weighted by atomic mass is 35.5. The highest BCUT2D eigenvalue weighted by Crippen LogP contribution is 2.39. The van der Waals surface area contributed by atoms with Crippen molar-refractivity contribution in [1.82, 2.24) is 20.4 Å². The largest absolute Gasteiger partial charge is 0.284 e. The molecule has 1 N–H and O–H groups in total. The maximum atomic E-state index is 12.5. The third kappa shape index (κ3) is 3.10. The number of amides is 1. The standard InChI is InChI=1S/C16H17ClN4O/c1-21(2)20-16(22)14-12(11-5-3-4-6-13(11)17)9-18-15(19-14)10-7-8-10/h3-6,9-10H,7-8H2,1-2H3,(H,20,22). The molecule has 0 radical (unpaired) electrons. The van der Waals surface area contributed by atoms with Gasteiger partial charge < -0.3 is 0 Å². The van der Waals surface area contributed by atoms with Crippen molar-refractivity contribution in [3.63, 3.8) is 0 Å². The first-order chi connectivity index (χ1) is 10.6. The summed E-state index contributed by atoms with van der Waals surface area (Å²) in [6, 6.07) is 7.39. The van der Waals surface area contributed by atoms with Crippen LogP contribution in [0, 0.1) is 0 Å². The van der Waals surface area contributed by atoms with Crippen LogP contribution in [-0.4, -0.2) is 35.0 Å². The van der Waals surface area contributed by atoms with E-state index in [0.29, 0.717) is 22.2 Å². The fourth-order valence-electron chi connectivity index (χ4n) is 2.24. The van der Waals surface area contributed by atoms with Crippen molar-refractivity contribution in [3.05, 3.63) is 47.0 Å².